The van der Waals surface area contributed by atoms with Gasteiger partial charge in [0.25, 0.3) is 10.1 Å². The van der Waals surface area contributed by atoms with Crippen LogP contribution in [0.25, 0.3) is 10.8 Å². The zero-order chi connectivity index (χ0) is 73.0. The minimum absolute atomic E-state index is 0.405. The average Bonchev–Trinajstić information content (AvgIpc) is 0.775. The molecule has 0 saturated carbocycles. The summed E-state index contributed by atoms with van der Waals surface area (Å²) in [5.74, 6) is 0. The number of hydrogen-bond donors (Lipinski definition) is 23. The number of fused-ring (bicyclic) bond motifs is 1. The SMILES string of the molecule is O=S(=O)(OC[C@H]1O[C@@H]2O[C@H]3[C@H](O)[C@@H](O)[C@@H](O[C@H]4[C@H](O)[C@@H](O)[C@@H](O[C@H]5[C@H](O)[C@@H](O)[C@@H](O[C@H]6[C@H](O)[C@@H](O)[C@@H](O[C@H]7[C@H](O)[C@@H](O)[C@@H](O[C@H]8[C@H](O)[C@@H](O)[C@@H](O[C@H]9[C@H](O)[C@@H](O)[C@@H](O[C@H]1[C@H](O)[C@H]2O)O[C@@H]9CO)O[C@@H]8CO)O[C@@H]7CO)O[C@@H]6CO)O[C@@H]5CO)O[C@@H]4CO)O[C@@H]3CO)c1ccc2ccccc2c1. The van der Waals surface area contributed by atoms with Gasteiger partial charge in [-0.25, -0.2) is 0 Å². The predicted molar refractivity (Wildman–Crippen MR) is 311 cm³/mol. The molecule has 43 heteroatoms. The highest BCUT2D eigenvalue weighted by molar-refractivity contribution is 7.86. The second kappa shape index (κ2) is 33.3. The number of rotatable bonds is 11. The molecule has 101 heavy (non-hydrogen) atoms. The van der Waals surface area contributed by atoms with E-state index in [2.05, 4.69) is 0 Å². The van der Waals surface area contributed by atoms with Crippen LogP contribution in [-0.2, 0) is 90.1 Å². The summed E-state index contributed by atoms with van der Waals surface area (Å²) in [5, 5.41) is 260. The maximum Gasteiger partial charge on any atom is 0.297 e. The Kier molecular flexibility index (Phi) is 26.1. The molecule has 30 aliphatic rings. The zero-order valence-corrected chi connectivity index (χ0v) is 53.6. The third kappa shape index (κ3) is 15.9. The minimum Gasteiger partial charge on any atom is -0.394 e. The summed E-state index contributed by atoms with van der Waals surface area (Å²) in [5.41, 5.74) is 0. The van der Waals surface area contributed by atoms with Gasteiger partial charge < -0.3 is 193 Å². The van der Waals surface area contributed by atoms with Crippen molar-refractivity contribution in [1.29, 1.82) is 0 Å². The molecule has 32 rings (SSSR count). The van der Waals surface area contributed by atoms with E-state index in [1.165, 1.54) is 18.2 Å². The van der Waals surface area contributed by atoms with Gasteiger partial charge in [0.1, 0.15) is 195 Å². The molecule has 30 aliphatic heterocycles. The van der Waals surface area contributed by atoms with Crippen molar-refractivity contribution in [2.75, 3.05) is 52.9 Å². The van der Waals surface area contributed by atoms with Gasteiger partial charge in [-0.05, 0) is 22.9 Å². The van der Waals surface area contributed by atoms with E-state index in [1.54, 1.807) is 24.3 Å². The van der Waals surface area contributed by atoms with Crippen molar-refractivity contribution in [2.24, 2.45) is 0 Å². The Morgan fingerprint density at radius 3 is 0.673 bits per heavy atom. The van der Waals surface area contributed by atoms with Crippen molar-refractivity contribution in [3.8, 4) is 0 Å². The van der Waals surface area contributed by atoms with Gasteiger partial charge in [0, 0.05) is 0 Å². The third-order valence-electron chi connectivity index (χ3n) is 19.1. The zero-order valence-electron chi connectivity index (χ0n) is 52.7. The highest BCUT2D eigenvalue weighted by Gasteiger charge is 2.61. The van der Waals surface area contributed by atoms with Gasteiger partial charge in [-0.1, -0.05) is 30.3 Å². The molecule has 0 unspecified atom stereocenters. The summed E-state index contributed by atoms with van der Waals surface area (Å²) in [6.07, 6.45) is -85.0. The lowest BCUT2D eigenvalue weighted by molar-refractivity contribution is -0.404. The van der Waals surface area contributed by atoms with Gasteiger partial charge >= 0.3 is 0 Å². The van der Waals surface area contributed by atoms with E-state index in [9.17, 15) is 126 Å². The fraction of sp³-hybridized carbons (Fsp3) is 0.828. The van der Waals surface area contributed by atoms with Gasteiger partial charge in [-0.2, -0.15) is 8.42 Å². The summed E-state index contributed by atoms with van der Waals surface area (Å²) in [6, 6.07) is 10.5. The fourth-order valence-corrected chi connectivity index (χ4v) is 14.4. The predicted octanol–water partition coefficient (Wildman–Crippen LogP) is -14.8. The van der Waals surface area contributed by atoms with E-state index in [0.717, 1.165) is 0 Å². The third-order valence-corrected chi connectivity index (χ3v) is 20.4. The van der Waals surface area contributed by atoms with E-state index in [0.29, 0.717) is 10.8 Å². The molecular weight excluding hydrogens is 1400 g/mol. The van der Waals surface area contributed by atoms with Gasteiger partial charge in [0.05, 0.1) is 57.8 Å². The fourth-order valence-electron chi connectivity index (χ4n) is 13.4. The Morgan fingerprint density at radius 1 is 0.257 bits per heavy atom. The van der Waals surface area contributed by atoms with Crippen LogP contribution in [-0.4, -0.2) is 424 Å². The van der Waals surface area contributed by atoms with Crippen LogP contribution >= 0.6 is 0 Å². The first kappa shape index (κ1) is 79.1. The summed E-state index contributed by atoms with van der Waals surface area (Å²) < 4.78 is 126. The van der Waals surface area contributed by atoms with Crippen LogP contribution in [0.3, 0.4) is 0 Å². The van der Waals surface area contributed by atoms with Crippen LogP contribution in [0.15, 0.2) is 47.4 Å². The lowest BCUT2D eigenvalue weighted by Gasteiger charge is -2.50. The largest absolute Gasteiger partial charge is 0.394 e. The normalized spacial score (nSPS) is 49.9. The molecule has 0 spiro atoms. The molecule has 0 aromatic heterocycles. The molecule has 576 valence electrons. The lowest BCUT2D eigenvalue weighted by Crippen LogP contribution is -2.69. The van der Waals surface area contributed by atoms with Gasteiger partial charge in [0.15, 0.2) is 50.3 Å². The Labute approximate surface area is 571 Å². The van der Waals surface area contributed by atoms with E-state index in [1.807, 2.05) is 0 Å². The molecule has 2 aromatic carbocycles. The second-order valence-corrected chi connectivity index (χ2v) is 27.1. The van der Waals surface area contributed by atoms with Crippen LogP contribution in [0.2, 0.25) is 0 Å². The van der Waals surface area contributed by atoms with Crippen LogP contribution in [0, 0.1) is 0 Å². The number of benzene rings is 2. The molecular formula is C58H86O42S. The second-order valence-electron chi connectivity index (χ2n) is 25.5. The van der Waals surface area contributed by atoms with Crippen molar-refractivity contribution in [2.45, 2.75) is 251 Å². The smallest absolute Gasteiger partial charge is 0.297 e. The number of hydrogen-bond acceptors (Lipinski definition) is 42. The molecule has 23 N–H and O–H groups in total. The van der Waals surface area contributed by atoms with Crippen LogP contribution in [0.5, 0.6) is 0 Å². The van der Waals surface area contributed by atoms with Crippen molar-refractivity contribution in [3.05, 3.63) is 42.5 Å². The Balaban J connectivity index is 0.880. The van der Waals surface area contributed by atoms with Crippen molar-refractivity contribution >= 4 is 20.9 Å². The first-order valence-corrected chi connectivity index (χ1v) is 33.5. The summed E-state index contributed by atoms with van der Waals surface area (Å²) >= 11 is 0. The molecule has 2 aromatic rings. The van der Waals surface area contributed by atoms with Crippen molar-refractivity contribution in [1.82, 2.24) is 0 Å². The molecule has 0 radical (unpaired) electrons. The average molecular weight is 1490 g/mol. The topological polar surface area (TPSA) is 656 Å². The van der Waals surface area contributed by atoms with Gasteiger partial charge in [0.2, 0.25) is 0 Å². The highest BCUT2D eigenvalue weighted by atomic mass is 32.2. The van der Waals surface area contributed by atoms with Crippen LogP contribution < -0.4 is 0 Å². The number of aliphatic hydroxyl groups excluding tert-OH is 23. The quantitative estimate of drug-likeness (QED) is 0.0929. The van der Waals surface area contributed by atoms with Crippen LogP contribution in [0.4, 0.5) is 0 Å². The number of aliphatic hydroxyl groups is 23. The first-order chi connectivity index (χ1) is 48.1. The maximum absolute atomic E-state index is 13.9. The number of ether oxygens (including phenoxy) is 16. The van der Waals surface area contributed by atoms with E-state index >= 15 is 0 Å². The molecule has 30 fully saturated rings. The summed E-state index contributed by atoms with van der Waals surface area (Å²) in [7, 11) is -4.83. The molecule has 0 aliphatic carbocycles. The molecule has 16 bridgehead atoms. The molecule has 30 heterocycles. The van der Waals surface area contributed by atoms with Crippen molar-refractivity contribution < 1.29 is 206 Å². The Bertz CT molecular complexity index is 3060. The summed E-state index contributed by atoms with van der Waals surface area (Å²) in [6.45, 7) is -9.04. The molecule has 42 nitrogen and oxygen atoms in total. The van der Waals surface area contributed by atoms with Gasteiger partial charge in [-0.3, -0.25) is 4.18 Å². The Morgan fingerprint density at radius 2 is 0.455 bits per heavy atom. The molecule has 0 amide bonds. The van der Waals surface area contributed by atoms with E-state index in [4.69, 9.17) is 80.0 Å². The molecule has 40 atom stereocenters. The highest BCUT2D eigenvalue weighted by Crippen LogP contribution is 2.40. The van der Waals surface area contributed by atoms with Crippen LogP contribution in [0.1, 0.15) is 0 Å². The monoisotopic (exact) mass is 1490 g/mol. The summed E-state index contributed by atoms with van der Waals surface area (Å²) in [4.78, 5) is -0.405. The first-order valence-electron chi connectivity index (χ1n) is 32.1. The minimum atomic E-state index is -4.83. The molecule has 30 saturated heterocycles. The maximum atomic E-state index is 13.9. The standard InChI is InChI=1S/C58H86O42S/c59-8-19-43-27(66)35(74)51(85-19)94-44-20(9-60)87-53(37(76)29(44)68)96-46-22(11-62)89-55(39(78)31(46)70)98-48-24(13-64)91-57(41(80)33(48)72)100-50-26(15-84-101(82,83)18-6-5-16-3-1-2-4-17(16)7-18)92-58(42(81)34(50)73)99-49-25(14-65)90-56(40(79)32(49)71)97-47-23(12-63)88-54(38(77)30(47)69)95-45-21(10-61)86-52(93-43)36(75)28(45)67/h1-7,19-81H,8-15H2/t19-,20-,21-,22-,23-,24-,25-,26-,27-,28-,29-,30-,31-,32-,33-,34-,35-,36-,37-,38-,39-,40-,41-,42-,43-,44-,45-,46-,47-,48-,49-,50-,51-,52-,53-,54-,55-,56-,57-,58-/m1/s1. The van der Waals surface area contributed by atoms with Crippen molar-refractivity contribution in [3.63, 3.8) is 0 Å². The lowest BCUT2D eigenvalue weighted by atomic mass is 9.94. The van der Waals surface area contributed by atoms with E-state index in [-0.39, 0.29) is 0 Å². The Hall–Kier alpha value is -2.95. The van der Waals surface area contributed by atoms with Gasteiger partial charge in [-0.15, -0.1) is 0 Å². The van der Waals surface area contributed by atoms with E-state index < -0.39 is 314 Å².